The summed E-state index contributed by atoms with van der Waals surface area (Å²) in [5.74, 6) is -2.45. The Kier molecular flexibility index (Phi) is 6.03. The number of para-hydroxylation sites is 1. The van der Waals surface area contributed by atoms with Gasteiger partial charge in [-0.2, -0.15) is 0 Å². The molecule has 1 heterocycles. The fourth-order valence-corrected chi connectivity index (χ4v) is 3.75. The third-order valence-corrected chi connectivity index (χ3v) is 5.43. The molecular formula is C19H23F2N3O3. The molecule has 8 heteroatoms. The SMILES string of the molecule is O=CN1CCN(C(=O)C2CCC(C(=O)Nc3c(F)cccc3F)CC2)CC1. The van der Waals surface area contributed by atoms with Gasteiger partial charge in [0.25, 0.3) is 0 Å². The molecule has 0 aromatic heterocycles. The van der Waals surface area contributed by atoms with Crippen LogP contribution in [0, 0.1) is 23.5 Å². The minimum absolute atomic E-state index is 0.0690. The van der Waals surface area contributed by atoms with Crippen LogP contribution in [0.5, 0.6) is 0 Å². The lowest BCUT2D eigenvalue weighted by molar-refractivity contribution is -0.140. The van der Waals surface area contributed by atoms with E-state index >= 15 is 0 Å². The lowest BCUT2D eigenvalue weighted by Crippen LogP contribution is -2.50. The number of halogens is 2. The summed E-state index contributed by atoms with van der Waals surface area (Å²) in [7, 11) is 0. The van der Waals surface area contributed by atoms with Crippen molar-refractivity contribution in [2.45, 2.75) is 25.7 Å². The Morgan fingerprint density at radius 3 is 2.07 bits per heavy atom. The van der Waals surface area contributed by atoms with Crippen LogP contribution in [0.4, 0.5) is 14.5 Å². The van der Waals surface area contributed by atoms with Crippen LogP contribution in [-0.2, 0) is 14.4 Å². The Morgan fingerprint density at radius 2 is 1.52 bits per heavy atom. The first kappa shape index (κ1) is 19.3. The largest absolute Gasteiger partial charge is 0.342 e. The maximum absolute atomic E-state index is 13.7. The Bertz CT molecular complexity index is 692. The van der Waals surface area contributed by atoms with E-state index in [0.29, 0.717) is 51.9 Å². The molecule has 1 N–H and O–H groups in total. The van der Waals surface area contributed by atoms with Gasteiger partial charge in [0.1, 0.15) is 17.3 Å². The second-order valence-electron chi connectivity index (χ2n) is 7.10. The zero-order valence-corrected chi connectivity index (χ0v) is 15.0. The Balaban J connectivity index is 1.50. The molecule has 2 aliphatic rings. The summed E-state index contributed by atoms with van der Waals surface area (Å²) in [5.41, 5.74) is -0.422. The molecule has 1 aromatic rings. The molecule has 0 radical (unpaired) electrons. The van der Waals surface area contributed by atoms with Crippen LogP contribution in [0.1, 0.15) is 25.7 Å². The standard InChI is InChI=1S/C19H23F2N3O3/c20-15-2-1-3-16(21)17(15)22-18(26)13-4-6-14(7-5-13)19(27)24-10-8-23(12-25)9-11-24/h1-3,12-14H,4-11H2,(H,22,26). The van der Waals surface area contributed by atoms with Crippen molar-refractivity contribution in [2.75, 3.05) is 31.5 Å². The van der Waals surface area contributed by atoms with E-state index in [-0.39, 0.29) is 17.7 Å². The average Bonchev–Trinajstić information content (AvgIpc) is 2.70. The number of benzene rings is 1. The summed E-state index contributed by atoms with van der Waals surface area (Å²) >= 11 is 0. The predicted octanol–water partition coefficient (Wildman–Crippen LogP) is 2.01. The van der Waals surface area contributed by atoms with Gasteiger partial charge in [0, 0.05) is 38.0 Å². The average molecular weight is 379 g/mol. The van der Waals surface area contributed by atoms with Crippen molar-refractivity contribution in [2.24, 2.45) is 11.8 Å². The molecule has 0 unspecified atom stereocenters. The molecule has 1 aliphatic carbocycles. The van der Waals surface area contributed by atoms with Crippen LogP contribution in [0.15, 0.2) is 18.2 Å². The maximum atomic E-state index is 13.7. The molecule has 1 aliphatic heterocycles. The Hall–Kier alpha value is -2.51. The van der Waals surface area contributed by atoms with E-state index in [2.05, 4.69) is 5.32 Å². The lowest BCUT2D eigenvalue weighted by atomic mass is 9.80. The first-order valence-electron chi connectivity index (χ1n) is 9.22. The predicted molar refractivity (Wildman–Crippen MR) is 94.7 cm³/mol. The lowest BCUT2D eigenvalue weighted by Gasteiger charge is -2.36. The molecule has 0 bridgehead atoms. The summed E-state index contributed by atoms with van der Waals surface area (Å²) < 4.78 is 27.3. The molecule has 1 saturated carbocycles. The number of hydrogen-bond acceptors (Lipinski definition) is 3. The van der Waals surface area contributed by atoms with E-state index in [1.807, 2.05) is 0 Å². The topological polar surface area (TPSA) is 69.7 Å². The van der Waals surface area contributed by atoms with Crippen molar-refractivity contribution >= 4 is 23.9 Å². The highest BCUT2D eigenvalue weighted by atomic mass is 19.1. The van der Waals surface area contributed by atoms with E-state index in [9.17, 15) is 23.2 Å². The van der Waals surface area contributed by atoms with Gasteiger partial charge in [0.05, 0.1) is 0 Å². The van der Waals surface area contributed by atoms with Crippen molar-refractivity contribution in [3.63, 3.8) is 0 Å². The number of rotatable bonds is 4. The summed E-state index contributed by atoms with van der Waals surface area (Å²) in [6, 6.07) is 3.43. The zero-order valence-electron chi connectivity index (χ0n) is 15.0. The van der Waals surface area contributed by atoms with Gasteiger partial charge < -0.3 is 15.1 Å². The van der Waals surface area contributed by atoms with E-state index in [1.54, 1.807) is 9.80 Å². The molecule has 1 aromatic carbocycles. The number of nitrogens with zero attached hydrogens (tertiary/aromatic N) is 2. The minimum atomic E-state index is -0.804. The molecule has 3 amide bonds. The van der Waals surface area contributed by atoms with Crippen LogP contribution in [0.3, 0.4) is 0 Å². The number of nitrogens with one attached hydrogen (secondary N) is 1. The highest BCUT2D eigenvalue weighted by Gasteiger charge is 2.33. The van der Waals surface area contributed by atoms with E-state index < -0.39 is 23.2 Å². The van der Waals surface area contributed by atoms with Crippen LogP contribution in [0.25, 0.3) is 0 Å². The van der Waals surface area contributed by atoms with Crippen molar-refractivity contribution in [1.29, 1.82) is 0 Å². The second-order valence-corrected chi connectivity index (χ2v) is 7.10. The van der Waals surface area contributed by atoms with Gasteiger partial charge in [-0.3, -0.25) is 14.4 Å². The first-order valence-corrected chi connectivity index (χ1v) is 9.22. The van der Waals surface area contributed by atoms with Crippen molar-refractivity contribution < 1.29 is 23.2 Å². The fourth-order valence-electron chi connectivity index (χ4n) is 3.75. The number of anilines is 1. The number of piperazine rings is 1. The molecule has 1 saturated heterocycles. The molecule has 146 valence electrons. The molecule has 0 atom stereocenters. The van der Waals surface area contributed by atoms with Crippen molar-refractivity contribution in [3.05, 3.63) is 29.8 Å². The van der Waals surface area contributed by atoms with Crippen LogP contribution in [0.2, 0.25) is 0 Å². The Morgan fingerprint density at radius 1 is 0.963 bits per heavy atom. The molecule has 27 heavy (non-hydrogen) atoms. The van der Waals surface area contributed by atoms with Gasteiger partial charge in [0.2, 0.25) is 18.2 Å². The fraction of sp³-hybridized carbons (Fsp3) is 0.526. The van der Waals surface area contributed by atoms with Gasteiger partial charge in [-0.25, -0.2) is 8.78 Å². The highest BCUT2D eigenvalue weighted by molar-refractivity contribution is 5.93. The Labute approximate surface area is 156 Å². The van der Waals surface area contributed by atoms with Gasteiger partial charge in [-0.15, -0.1) is 0 Å². The number of amides is 3. The molecule has 6 nitrogen and oxygen atoms in total. The summed E-state index contributed by atoms with van der Waals surface area (Å²) in [5, 5.41) is 2.34. The third kappa shape index (κ3) is 4.43. The molecule has 2 fully saturated rings. The smallest absolute Gasteiger partial charge is 0.227 e. The zero-order chi connectivity index (χ0) is 19.4. The molecule has 3 rings (SSSR count). The van der Waals surface area contributed by atoms with Crippen LogP contribution in [-0.4, -0.2) is 54.2 Å². The van der Waals surface area contributed by atoms with E-state index in [0.717, 1.165) is 18.5 Å². The number of carbonyl (C=O) groups excluding carboxylic acids is 3. The number of carbonyl (C=O) groups is 3. The quantitative estimate of drug-likeness (QED) is 0.814. The third-order valence-electron chi connectivity index (χ3n) is 5.43. The second kappa shape index (κ2) is 8.45. The van der Waals surface area contributed by atoms with Crippen LogP contribution < -0.4 is 5.32 Å². The molecular weight excluding hydrogens is 356 g/mol. The van der Waals surface area contributed by atoms with Gasteiger partial charge in [-0.1, -0.05) is 6.07 Å². The van der Waals surface area contributed by atoms with Crippen molar-refractivity contribution in [1.82, 2.24) is 9.80 Å². The van der Waals surface area contributed by atoms with Gasteiger partial charge in [-0.05, 0) is 37.8 Å². The maximum Gasteiger partial charge on any atom is 0.227 e. The monoisotopic (exact) mass is 379 g/mol. The highest BCUT2D eigenvalue weighted by Crippen LogP contribution is 2.31. The summed E-state index contributed by atoms with van der Waals surface area (Å²) in [4.78, 5) is 39.1. The van der Waals surface area contributed by atoms with E-state index in [1.165, 1.54) is 6.07 Å². The van der Waals surface area contributed by atoms with E-state index in [4.69, 9.17) is 0 Å². The number of hydrogen-bond donors (Lipinski definition) is 1. The van der Waals surface area contributed by atoms with Gasteiger partial charge >= 0.3 is 0 Å². The summed E-state index contributed by atoms with van der Waals surface area (Å²) in [6.07, 6.45) is 2.96. The summed E-state index contributed by atoms with van der Waals surface area (Å²) in [6.45, 7) is 2.15. The van der Waals surface area contributed by atoms with Crippen molar-refractivity contribution in [3.8, 4) is 0 Å². The van der Waals surface area contributed by atoms with Gasteiger partial charge in [0.15, 0.2) is 0 Å². The van der Waals surface area contributed by atoms with Crippen LogP contribution >= 0.6 is 0 Å². The first-order chi connectivity index (χ1) is 13.0. The minimum Gasteiger partial charge on any atom is -0.342 e. The normalized spacial score (nSPS) is 23.0. The molecule has 0 spiro atoms.